The van der Waals surface area contributed by atoms with Crippen LogP contribution >= 0.6 is 0 Å². The zero-order chi connectivity index (χ0) is 23.9. The van der Waals surface area contributed by atoms with Gasteiger partial charge in [-0.1, -0.05) is 6.07 Å². The van der Waals surface area contributed by atoms with Crippen molar-refractivity contribution >= 4 is 23.2 Å². The Hall–Kier alpha value is -4.53. The van der Waals surface area contributed by atoms with E-state index in [1.165, 1.54) is 0 Å². The van der Waals surface area contributed by atoms with Gasteiger partial charge in [0.15, 0.2) is 5.76 Å². The molecular weight excluding hydrogens is 436 g/mol. The van der Waals surface area contributed by atoms with Crippen LogP contribution in [0, 0.1) is 0 Å². The van der Waals surface area contributed by atoms with E-state index in [1.54, 1.807) is 84.7 Å². The molecule has 0 radical (unpaired) electrons. The lowest BCUT2D eigenvalue weighted by Crippen LogP contribution is -2.17. The highest BCUT2D eigenvalue weighted by Crippen LogP contribution is 2.20. The largest absolute Gasteiger partial charge is 0.497 e. The Bertz CT molecular complexity index is 1280. The molecule has 2 amide bonds. The van der Waals surface area contributed by atoms with Gasteiger partial charge in [0.05, 0.1) is 7.11 Å². The molecule has 2 N–H and O–H groups in total. The van der Waals surface area contributed by atoms with E-state index < -0.39 is 5.91 Å². The van der Waals surface area contributed by atoms with Gasteiger partial charge in [-0.25, -0.2) is 0 Å². The maximum absolute atomic E-state index is 12.6. The van der Waals surface area contributed by atoms with Crippen LogP contribution in [0.15, 0.2) is 77.3 Å². The van der Waals surface area contributed by atoms with Crippen LogP contribution in [0.25, 0.3) is 0 Å². The molecule has 9 nitrogen and oxygen atoms in total. The van der Waals surface area contributed by atoms with E-state index in [9.17, 15) is 9.59 Å². The zero-order valence-electron chi connectivity index (χ0n) is 18.8. The van der Waals surface area contributed by atoms with Crippen molar-refractivity contribution in [1.82, 2.24) is 9.78 Å². The number of rotatable bonds is 9. The van der Waals surface area contributed by atoms with Crippen molar-refractivity contribution in [1.29, 1.82) is 0 Å². The van der Waals surface area contributed by atoms with Gasteiger partial charge in [-0.2, -0.15) is 5.10 Å². The molecule has 4 aromatic rings. The molecule has 2 aromatic carbocycles. The van der Waals surface area contributed by atoms with Crippen LogP contribution in [0.2, 0.25) is 0 Å². The third-order valence-electron chi connectivity index (χ3n) is 4.95. The summed E-state index contributed by atoms with van der Waals surface area (Å²) in [6.07, 6.45) is 1.58. The predicted octanol–water partition coefficient (Wildman–Crippen LogP) is 4.59. The van der Waals surface area contributed by atoms with Crippen LogP contribution in [-0.2, 0) is 13.2 Å². The maximum Gasteiger partial charge on any atom is 0.291 e. The second kappa shape index (κ2) is 10.4. The van der Waals surface area contributed by atoms with Gasteiger partial charge in [0, 0.05) is 24.1 Å². The number of hydrogen-bond donors (Lipinski definition) is 2. The number of carbonyl (C=O) groups is 2. The van der Waals surface area contributed by atoms with Gasteiger partial charge in [0.2, 0.25) is 0 Å². The molecule has 0 spiro atoms. The minimum atomic E-state index is -0.414. The van der Waals surface area contributed by atoms with E-state index in [1.807, 2.05) is 6.92 Å². The van der Waals surface area contributed by atoms with Gasteiger partial charge in [0.1, 0.15) is 29.6 Å². The predicted molar refractivity (Wildman–Crippen MR) is 126 cm³/mol. The van der Waals surface area contributed by atoms with E-state index >= 15 is 0 Å². The Morgan fingerprint density at radius 2 is 1.65 bits per heavy atom. The van der Waals surface area contributed by atoms with E-state index in [2.05, 4.69) is 15.7 Å². The SMILES string of the molecule is CCn1nccc1C(=O)Nc1cccc(NC(=O)c2ccc(COc3ccc(OC)cc3)o2)c1. The topological polar surface area (TPSA) is 108 Å². The average Bonchev–Trinajstić information content (AvgIpc) is 3.53. The molecule has 0 atom stereocenters. The summed E-state index contributed by atoms with van der Waals surface area (Å²) in [5.74, 6) is 1.35. The molecule has 4 rings (SSSR count). The van der Waals surface area contributed by atoms with Crippen LogP contribution in [-0.4, -0.2) is 28.7 Å². The maximum atomic E-state index is 12.6. The quantitative estimate of drug-likeness (QED) is 0.378. The van der Waals surface area contributed by atoms with Crippen LogP contribution in [0.3, 0.4) is 0 Å². The van der Waals surface area contributed by atoms with Crippen LogP contribution in [0.1, 0.15) is 33.7 Å². The first-order valence-corrected chi connectivity index (χ1v) is 10.7. The van der Waals surface area contributed by atoms with Crippen molar-refractivity contribution in [2.45, 2.75) is 20.1 Å². The summed E-state index contributed by atoms with van der Waals surface area (Å²) in [6.45, 7) is 2.67. The van der Waals surface area contributed by atoms with Gasteiger partial charge in [-0.15, -0.1) is 0 Å². The van der Waals surface area contributed by atoms with Crippen LogP contribution < -0.4 is 20.1 Å². The minimum Gasteiger partial charge on any atom is -0.497 e. The van der Waals surface area contributed by atoms with Crippen LogP contribution in [0.5, 0.6) is 11.5 Å². The summed E-state index contributed by atoms with van der Waals surface area (Å²) in [4.78, 5) is 25.1. The van der Waals surface area contributed by atoms with Gasteiger partial charge < -0.3 is 24.5 Å². The number of anilines is 2. The Balaban J connectivity index is 1.34. The monoisotopic (exact) mass is 460 g/mol. The molecule has 0 saturated carbocycles. The van der Waals surface area contributed by atoms with E-state index in [-0.39, 0.29) is 18.3 Å². The lowest BCUT2D eigenvalue weighted by atomic mass is 10.2. The summed E-state index contributed by atoms with van der Waals surface area (Å²) in [6, 6.07) is 19.0. The number of hydrogen-bond acceptors (Lipinski definition) is 6. The smallest absolute Gasteiger partial charge is 0.291 e. The molecule has 0 bridgehead atoms. The summed E-state index contributed by atoms with van der Waals surface area (Å²) < 4.78 is 18.0. The summed E-state index contributed by atoms with van der Waals surface area (Å²) in [7, 11) is 1.60. The van der Waals surface area contributed by atoms with E-state index in [4.69, 9.17) is 13.9 Å². The Morgan fingerprint density at radius 3 is 2.35 bits per heavy atom. The molecule has 9 heteroatoms. The number of nitrogens with one attached hydrogen (secondary N) is 2. The lowest BCUT2D eigenvalue weighted by Gasteiger charge is -2.09. The lowest BCUT2D eigenvalue weighted by molar-refractivity contribution is 0.0990. The normalized spacial score (nSPS) is 10.5. The Kier molecular flexibility index (Phi) is 6.92. The summed E-state index contributed by atoms with van der Waals surface area (Å²) >= 11 is 0. The first kappa shape index (κ1) is 22.7. The molecule has 2 aromatic heterocycles. The zero-order valence-corrected chi connectivity index (χ0v) is 18.8. The highest BCUT2D eigenvalue weighted by molar-refractivity contribution is 6.05. The molecule has 0 unspecified atom stereocenters. The number of methoxy groups -OCH3 is 1. The summed E-state index contributed by atoms with van der Waals surface area (Å²) in [5, 5.41) is 9.69. The van der Waals surface area contributed by atoms with E-state index in [0.717, 1.165) is 5.75 Å². The molecule has 174 valence electrons. The molecule has 0 aliphatic carbocycles. The van der Waals surface area contributed by atoms with Gasteiger partial charge in [0.25, 0.3) is 11.8 Å². The second-order valence-electron chi connectivity index (χ2n) is 7.25. The Morgan fingerprint density at radius 1 is 0.941 bits per heavy atom. The van der Waals surface area contributed by atoms with E-state index in [0.29, 0.717) is 35.1 Å². The fourth-order valence-electron chi connectivity index (χ4n) is 3.24. The van der Waals surface area contributed by atoms with Gasteiger partial charge in [-0.05, 0) is 67.6 Å². The number of aromatic nitrogens is 2. The number of furan rings is 1. The first-order chi connectivity index (χ1) is 16.6. The molecule has 2 heterocycles. The molecule has 0 fully saturated rings. The van der Waals surface area contributed by atoms with Crippen LogP contribution in [0.4, 0.5) is 11.4 Å². The van der Waals surface area contributed by atoms with Gasteiger partial charge in [-0.3, -0.25) is 14.3 Å². The van der Waals surface area contributed by atoms with Crippen molar-refractivity contribution in [3.8, 4) is 11.5 Å². The number of aryl methyl sites for hydroxylation is 1. The molecule has 0 saturated heterocycles. The molecular formula is C25H24N4O5. The Labute approximate surface area is 196 Å². The third kappa shape index (κ3) is 5.44. The number of carbonyl (C=O) groups excluding carboxylic acids is 2. The minimum absolute atomic E-state index is 0.148. The second-order valence-corrected chi connectivity index (χ2v) is 7.25. The van der Waals surface area contributed by atoms with Crippen molar-refractivity contribution in [3.05, 3.63) is 90.1 Å². The first-order valence-electron chi connectivity index (χ1n) is 10.7. The highest BCUT2D eigenvalue weighted by atomic mass is 16.5. The van der Waals surface area contributed by atoms with Crippen molar-refractivity contribution in [3.63, 3.8) is 0 Å². The average molecular weight is 460 g/mol. The van der Waals surface area contributed by atoms with Gasteiger partial charge >= 0.3 is 0 Å². The highest BCUT2D eigenvalue weighted by Gasteiger charge is 2.14. The number of ether oxygens (including phenoxy) is 2. The molecule has 34 heavy (non-hydrogen) atoms. The molecule has 0 aliphatic rings. The fourth-order valence-corrected chi connectivity index (χ4v) is 3.24. The van der Waals surface area contributed by atoms with Crippen molar-refractivity contribution in [2.75, 3.05) is 17.7 Å². The number of amides is 2. The molecule has 0 aliphatic heterocycles. The standard InChI is InChI=1S/C25H24N4O5/c1-3-29-22(13-14-26-29)24(30)27-17-5-4-6-18(15-17)28-25(31)23-12-11-21(34-23)16-33-20-9-7-19(32-2)8-10-20/h4-15H,3,16H2,1-2H3,(H,27,30)(H,28,31). The third-order valence-corrected chi connectivity index (χ3v) is 4.95. The number of nitrogens with zero attached hydrogens (tertiary/aromatic N) is 2. The number of benzene rings is 2. The van der Waals surface area contributed by atoms with Crippen molar-refractivity contribution in [2.24, 2.45) is 0 Å². The fraction of sp³-hybridized carbons (Fsp3) is 0.160. The van der Waals surface area contributed by atoms with Crippen molar-refractivity contribution < 1.29 is 23.5 Å². The summed E-state index contributed by atoms with van der Waals surface area (Å²) in [5.41, 5.74) is 1.51.